The molecule has 0 N–H and O–H groups in total. The third-order valence-corrected chi connectivity index (χ3v) is 9.34. The van der Waals surface area contributed by atoms with E-state index in [1.807, 2.05) is 40.3 Å². The van der Waals surface area contributed by atoms with Gasteiger partial charge in [-0.15, -0.1) is 0 Å². The van der Waals surface area contributed by atoms with Gasteiger partial charge in [0.15, 0.2) is 0 Å². The molecule has 72 valence electrons. The Morgan fingerprint density at radius 2 is 1.77 bits per heavy atom. The first kappa shape index (κ1) is 12.0. The Morgan fingerprint density at radius 3 is 2.77 bits per heavy atom. The summed E-state index contributed by atoms with van der Waals surface area (Å²) in [6.45, 7) is 0. The SMILES string of the molecule is C1=C\CCSSSSS/C=C/C=C/1. The summed E-state index contributed by atoms with van der Waals surface area (Å²) >= 11 is 0. The lowest BCUT2D eigenvalue weighted by Gasteiger charge is -1.94. The first-order chi connectivity index (χ1) is 6.50. The van der Waals surface area contributed by atoms with Crippen LogP contribution in [0.5, 0.6) is 0 Å². The molecule has 0 atom stereocenters. The van der Waals surface area contributed by atoms with Crippen LogP contribution in [0, 0.1) is 0 Å². The largest absolute Gasteiger partial charge is 0.0837 e. The van der Waals surface area contributed by atoms with Gasteiger partial charge in [0.2, 0.25) is 0 Å². The van der Waals surface area contributed by atoms with Gasteiger partial charge in [0, 0.05) is 5.75 Å². The van der Waals surface area contributed by atoms with Crippen LogP contribution in [0.4, 0.5) is 0 Å². The maximum Gasteiger partial charge on any atom is 0.00801 e. The molecule has 0 spiro atoms. The topological polar surface area (TPSA) is 0 Å². The lowest BCUT2D eigenvalue weighted by Crippen LogP contribution is -1.68. The lowest BCUT2D eigenvalue weighted by atomic mass is 10.4. The smallest absolute Gasteiger partial charge is 0.00801 e. The predicted molar refractivity (Wildman–Crippen MR) is 74.9 cm³/mol. The summed E-state index contributed by atoms with van der Waals surface area (Å²) in [5.41, 5.74) is 0. The van der Waals surface area contributed by atoms with Crippen LogP contribution in [-0.2, 0) is 0 Å². The van der Waals surface area contributed by atoms with E-state index in [-0.39, 0.29) is 0 Å². The van der Waals surface area contributed by atoms with E-state index in [0.29, 0.717) is 0 Å². The van der Waals surface area contributed by atoms with Crippen molar-refractivity contribution in [3.8, 4) is 0 Å². The van der Waals surface area contributed by atoms with Crippen LogP contribution >= 0.6 is 51.1 Å². The third-order valence-electron chi connectivity index (χ3n) is 1.11. The fourth-order valence-electron chi connectivity index (χ4n) is 0.600. The Hall–Kier alpha value is 0.970. The predicted octanol–water partition coefficient (Wildman–Crippen LogP) is 5.34. The molecule has 0 aliphatic carbocycles. The highest BCUT2D eigenvalue weighted by atomic mass is 33.8. The van der Waals surface area contributed by atoms with E-state index < -0.39 is 0 Å². The summed E-state index contributed by atoms with van der Waals surface area (Å²) in [5.74, 6) is 1.20. The lowest BCUT2D eigenvalue weighted by molar-refractivity contribution is 1.25. The van der Waals surface area contributed by atoms with Crippen molar-refractivity contribution in [2.75, 3.05) is 5.75 Å². The van der Waals surface area contributed by atoms with Gasteiger partial charge in [0.25, 0.3) is 0 Å². The molecule has 0 aromatic rings. The highest BCUT2D eigenvalue weighted by molar-refractivity contribution is 9.35. The first-order valence-electron chi connectivity index (χ1n) is 3.77. The van der Waals surface area contributed by atoms with Crippen molar-refractivity contribution in [2.45, 2.75) is 6.42 Å². The minimum atomic E-state index is 1.16. The van der Waals surface area contributed by atoms with Gasteiger partial charge in [0.1, 0.15) is 0 Å². The summed E-state index contributed by atoms with van der Waals surface area (Å²) in [4.78, 5) is 0. The van der Waals surface area contributed by atoms with E-state index in [9.17, 15) is 0 Å². The molecule has 1 rings (SSSR count). The van der Waals surface area contributed by atoms with E-state index >= 15 is 0 Å². The van der Waals surface area contributed by atoms with E-state index in [1.54, 1.807) is 10.8 Å². The van der Waals surface area contributed by atoms with Crippen molar-refractivity contribution in [3.63, 3.8) is 0 Å². The van der Waals surface area contributed by atoms with Crippen LogP contribution < -0.4 is 0 Å². The van der Waals surface area contributed by atoms with Gasteiger partial charge in [-0.05, 0) is 41.3 Å². The zero-order chi connectivity index (χ0) is 9.19. The van der Waals surface area contributed by atoms with E-state index in [1.165, 1.54) is 5.75 Å². The molecular formula is C8H10S5. The van der Waals surface area contributed by atoms with Crippen molar-refractivity contribution in [1.82, 2.24) is 0 Å². The average Bonchev–Trinajstić information content (AvgIpc) is 2.18. The summed E-state index contributed by atoms with van der Waals surface area (Å²) in [6, 6.07) is 0. The molecule has 13 heavy (non-hydrogen) atoms. The number of rotatable bonds is 0. The minimum absolute atomic E-state index is 1.16. The molecule has 0 saturated heterocycles. The molecular weight excluding hydrogens is 256 g/mol. The Bertz CT molecular complexity index is 177. The van der Waals surface area contributed by atoms with Gasteiger partial charge >= 0.3 is 0 Å². The second kappa shape index (κ2) is 9.52. The van der Waals surface area contributed by atoms with Crippen LogP contribution in [0.3, 0.4) is 0 Å². The zero-order valence-electron chi connectivity index (χ0n) is 6.92. The Balaban J connectivity index is 2.29. The Kier molecular flexibility index (Phi) is 8.82. The van der Waals surface area contributed by atoms with Crippen LogP contribution in [0.2, 0.25) is 0 Å². The van der Waals surface area contributed by atoms with Crippen LogP contribution in [-0.4, -0.2) is 5.75 Å². The highest BCUT2D eigenvalue weighted by Gasteiger charge is 1.91. The number of allylic oxidation sites excluding steroid dienone is 5. The quantitative estimate of drug-likeness (QED) is 0.541. The van der Waals surface area contributed by atoms with Crippen LogP contribution in [0.25, 0.3) is 0 Å². The van der Waals surface area contributed by atoms with E-state index in [2.05, 4.69) is 35.8 Å². The van der Waals surface area contributed by atoms with Crippen LogP contribution in [0.15, 0.2) is 35.8 Å². The van der Waals surface area contributed by atoms with Crippen LogP contribution in [0.1, 0.15) is 6.42 Å². The average molecular weight is 267 g/mol. The molecule has 0 radical (unpaired) electrons. The van der Waals surface area contributed by atoms with Crippen molar-refractivity contribution in [3.05, 3.63) is 35.8 Å². The van der Waals surface area contributed by atoms with Gasteiger partial charge in [-0.2, -0.15) is 0 Å². The number of hydrogen-bond donors (Lipinski definition) is 0. The highest BCUT2D eigenvalue weighted by Crippen LogP contribution is 2.48. The number of hydrogen-bond acceptors (Lipinski definition) is 5. The molecule has 0 bridgehead atoms. The van der Waals surface area contributed by atoms with Gasteiger partial charge in [-0.1, -0.05) is 52.0 Å². The van der Waals surface area contributed by atoms with Gasteiger partial charge in [-0.25, -0.2) is 0 Å². The van der Waals surface area contributed by atoms with Crippen molar-refractivity contribution < 1.29 is 0 Å². The summed E-state index contributed by atoms with van der Waals surface area (Å²) in [7, 11) is 9.19. The molecule has 0 fully saturated rings. The van der Waals surface area contributed by atoms with Gasteiger partial charge in [-0.3, -0.25) is 0 Å². The third kappa shape index (κ3) is 8.00. The Labute approximate surface area is 98.4 Å². The molecule has 5 heteroatoms. The van der Waals surface area contributed by atoms with Gasteiger partial charge < -0.3 is 0 Å². The molecule has 0 aromatic carbocycles. The molecule has 0 amide bonds. The summed E-state index contributed by atoms with van der Waals surface area (Å²) in [5, 5.41) is 2.10. The van der Waals surface area contributed by atoms with E-state index in [0.717, 1.165) is 6.42 Å². The molecule has 0 unspecified atom stereocenters. The standard InChI is InChI=1S/C8H10S5/c1-2-4-6-8-10-12-13-11-9-7-5-3-1/h1-5,7H,6,8H2/b3-1+,4-2-,7-5+. The van der Waals surface area contributed by atoms with Crippen molar-refractivity contribution in [1.29, 1.82) is 0 Å². The molecule has 0 nitrogen and oxygen atoms in total. The summed E-state index contributed by atoms with van der Waals surface area (Å²) in [6.07, 6.45) is 11.7. The fraction of sp³-hybridized carbons (Fsp3) is 0.250. The fourth-order valence-corrected chi connectivity index (χ4v) is 8.54. The minimum Gasteiger partial charge on any atom is -0.0837 e. The second-order valence-electron chi connectivity index (χ2n) is 2.05. The molecule has 0 aromatic heterocycles. The monoisotopic (exact) mass is 266 g/mol. The molecule has 1 heterocycles. The molecule has 1 aliphatic heterocycles. The maximum absolute atomic E-state index is 2.21. The van der Waals surface area contributed by atoms with Crippen molar-refractivity contribution >= 4 is 51.1 Å². The van der Waals surface area contributed by atoms with E-state index in [4.69, 9.17) is 0 Å². The molecule has 1 aliphatic rings. The second-order valence-corrected chi connectivity index (χ2v) is 9.75. The van der Waals surface area contributed by atoms with Gasteiger partial charge in [0.05, 0.1) is 0 Å². The Morgan fingerprint density at radius 1 is 0.846 bits per heavy atom. The maximum atomic E-state index is 2.21. The first-order valence-corrected chi connectivity index (χ1v) is 10.1. The normalized spacial score (nSPS) is 27.7. The van der Waals surface area contributed by atoms with Crippen molar-refractivity contribution in [2.24, 2.45) is 0 Å². The zero-order valence-corrected chi connectivity index (χ0v) is 11.0. The molecule has 0 saturated carbocycles. The summed E-state index contributed by atoms with van der Waals surface area (Å²) < 4.78 is 0.